The maximum absolute atomic E-state index is 11.5. The van der Waals surface area contributed by atoms with Gasteiger partial charge in [-0.05, 0) is 146 Å². The second-order valence-corrected chi connectivity index (χ2v) is 25.3. The molecule has 0 spiro atoms. The topological polar surface area (TPSA) is 176 Å². The highest BCUT2D eigenvalue weighted by molar-refractivity contribution is 5.89. The van der Waals surface area contributed by atoms with Gasteiger partial charge in [-0.1, -0.05) is 307 Å². The van der Waals surface area contributed by atoms with Crippen LogP contribution in [0.1, 0.15) is 223 Å². The average molecular weight is 1510 g/mol. The Bertz CT molecular complexity index is 3330. The normalized spacial score (nSPS) is 10.8. The number of rotatable bonds is 46. The van der Waals surface area contributed by atoms with Gasteiger partial charge in [0.15, 0.2) is 0 Å². The molecule has 0 heterocycles. The minimum atomic E-state index is -0.300. The molecule has 0 N–H and O–H groups in total. The third-order valence-corrected chi connectivity index (χ3v) is 15.7. The van der Waals surface area contributed by atoms with Crippen LogP contribution in [0.2, 0.25) is 0 Å². The number of methoxy groups -OCH3 is 2. The van der Waals surface area contributed by atoms with E-state index < -0.39 is 0 Å². The molecule has 1 unspecified atom stereocenters. The van der Waals surface area contributed by atoms with Crippen LogP contribution in [0, 0.1) is 5.92 Å². The summed E-state index contributed by atoms with van der Waals surface area (Å²) in [5.74, 6) is -0.875. The second kappa shape index (κ2) is 77.4. The van der Waals surface area contributed by atoms with Gasteiger partial charge in [0.05, 0.1) is 39.6 Å². The van der Waals surface area contributed by atoms with Gasteiger partial charge >= 0.3 is 35.8 Å². The van der Waals surface area contributed by atoms with E-state index in [0.717, 1.165) is 136 Å². The Morgan fingerprint density at radius 2 is 0.473 bits per heavy atom. The van der Waals surface area contributed by atoms with Crippen LogP contribution < -0.4 is 0 Å². The lowest BCUT2D eigenvalue weighted by atomic mass is 10.00. The van der Waals surface area contributed by atoms with E-state index in [1.54, 1.807) is 50.7 Å². The first-order valence-electron chi connectivity index (χ1n) is 39.8. The molecule has 6 aromatic rings. The van der Waals surface area contributed by atoms with Gasteiger partial charge in [-0.2, -0.15) is 0 Å². The lowest BCUT2D eigenvalue weighted by Crippen LogP contribution is -2.03. The van der Waals surface area contributed by atoms with Crippen molar-refractivity contribution >= 4 is 72.3 Å². The van der Waals surface area contributed by atoms with Crippen LogP contribution in [-0.4, -0.2) is 103 Å². The van der Waals surface area contributed by atoms with Gasteiger partial charge < -0.3 is 37.9 Å². The quantitative estimate of drug-likeness (QED) is 0.0116. The van der Waals surface area contributed by atoms with Crippen molar-refractivity contribution in [1.82, 2.24) is 0 Å². The predicted molar refractivity (Wildman–Crippen MR) is 456 cm³/mol. The second-order valence-electron chi connectivity index (χ2n) is 25.3. The van der Waals surface area contributed by atoms with Crippen molar-refractivity contribution in [2.45, 2.75) is 189 Å². The summed E-state index contributed by atoms with van der Waals surface area (Å²) in [6.45, 7) is 21.1. The first kappa shape index (κ1) is 100. The first-order valence-corrected chi connectivity index (χ1v) is 39.8. The van der Waals surface area contributed by atoms with Crippen LogP contribution in [0.15, 0.2) is 231 Å². The molecule has 600 valence electrons. The highest BCUT2D eigenvalue weighted by atomic mass is 16.6. The number of hydrogen-bond donors (Lipinski definition) is 0. The van der Waals surface area contributed by atoms with Gasteiger partial charge in [0.2, 0.25) is 0 Å². The van der Waals surface area contributed by atoms with Gasteiger partial charge in [-0.3, -0.25) is 0 Å². The molecule has 0 aliphatic rings. The maximum atomic E-state index is 11.5. The fourth-order valence-electron chi connectivity index (χ4n) is 9.29. The van der Waals surface area contributed by atoms with Crippen LogP contribution in [0.4, 0.5) is 0 Å². The molecule has 1 atom stereocenters. The molecule has 0 aliphatic heterocycles. The number of carbonyl (C=O) groups excluding carboxylic acids is 6. The number of ether oxygens (including phenoxy) is 8. The van der Waals surface area contributed by atoms with Crippen molar-refractivity contribution in [2.75, 3.05) is 67.1 Å². The molecule has 0 aliphatic carbocycles. The van der Waals surface area contributed by atoms with Crippen molar-refractivity contribution in [3.63, 3.8) is 0 Å². The number of benzene rings is 6. The van der Waals surface area contributed by atoms with Crippen LogP contribution in [0.5, 0.6) is 0 Å². The summed E-state index contributed by atoms with van der Waals surface area (Å²) >= 11 is 0. The molecule has 6 aromatic carbocycles. The van der Waals surface area contributed by atoms with Gasteiger partial charge in [0.1, 0.15) is 0 Å². The fraction of sp³-hybridized carbons (Fsp3) is 0.417. The molecule has 14 nitrogen and oxygen atoms in total. The third kappa shape index (κ3) is 67.6. The van der Waals surface area contributed by atoms with Crippen LogP contribution in [-0.2, 0) is 66.7 Å². The number of unbranched alkanes of at least 4 members (excludes halogenated alkanes) is 14. The molecule has 0 aromatic heterocycles. The van der Waals surface area contributed by atoms with Crippen molar-refractivity contribution in [3.8, 4) is 0 Å². The Balaban J connectivity index is 0.00000127. The zero-order valence-electron chi connectivity index (χ0n) is 67.7. The Morgan fingerprint density at radius 3 is 0.718 bits per heavy atom. The van der Waals surface area contributed by atoms with Gasteiger partial charge in [-0.25, -0.2) is 28.8 Å². The SMILES string of the molecule is C=CC(CC)CCCC.CCCCCCCCCOC(=O)/C=C/c1ccccc1.CCCCCOC(=O)/C=C/c1ccccc1.CCCCOC(=O)/C=C/c1ccccc1.CCCOC(=O)/C=C/c1ccccc1.COCCCCCCOC(=O)/C=C/c1ccccc1.COCCCCOC(=O)/C=C/c1ccccc1. The van der Waals surface area contributed by atoms with Gasteiger partial charge in [0, 0.05) is 63.9 Å². The molecule has 0 saturated carbocycles. The maximum Gasteiger partial charge on any atom is 0.330 e. The number of hydrogen-bond acceptors (Lipinski definition) is 14. The molecule has 0 saturated heterocycles. The lowest BCUT2D eigenvalue weighted by Gasteiger charge is -2.06. The van der Waals surface area contributed by atoms with E-state index in [2.05, 4.69) is 47.3 Å². The van der Waals surface area contributed by atoms with Crippen LogP contribution in [0.3, 0.4) is 0 Å². The minimum absolute atomic E-state index is 0.250. The fourth-order valence-corrected chi connectivity index (χ4v) is 9.29. The van der Waals surface area contributed by atoms with Crippen molar-refractivity contribution in [3.05, 3.63) is 264 Å². The van der Waals surface area contributed by atoms with Gasteiger partial charge in [-0.15, -0.1) is 6.58 Å². The summed E-state index contributed by atoms with van der Waals surface area (Å²) in [5.41, 5.74) is 6.02. The summed E-state index contributed by atoms with van der Waals surface area (Å²) in [5, 5.41) is 0. The predicted octanol–water partition coefficient (Wildman–Crippen LogP) is 23.6. The monoisotopic (exact) mass is 1510 g/mol. The van der Waals surface area contributed by atoms with E-state index >= 15 is 0 Å². The largest absolute Gasteiger partial charge is 0.463 e. The van der Waals surface area contributed by atoms with Crippen molar-refractivity contribution in [1.29, 1.82) is 0 Å². The van der Waals surface area contributed by atoms with E-state index in [9.17, 15) is 28.8 Å². The van der Waals surface area contributed by atoms with E-state index in [1.807, 2.05) is 189 Å². The summed E-state index contributed by atoms with van der Waals surface area (Å²) in [6.07, 6.45) is 47.2. The van der Waals surface area contributed by atoms with Crippen LogP contribution in [0.25, 0.3) is 36.5 Å². The molecule has 0 radical (unpaired) electrons. The zero-order chi connectivity index (χ0) is 80.5. The summed E-state index contributed by atoms with van der Waals surface area (Å²) < 4.78 is 40.1. The lowest BCUT2D eigenvalue weighted by molar-refractivity contribution is -0.138. The highest BCUT2D eigenvalue weighted by Gasteiger charge is 2.03. The zero-order valence-corrected chi connectivity index (χ0v) is 67.7. The molecule has 6 rings (SSSR count). The Hall–Kier alpha value is -9.76. The average Bonchev–Trinajstić information content (AvgIpc) is 0.992. The highest BCUT2D eigenvalue weighted by Crippen LogP contribution is 2.13. The third-order valence-electron chi connectivity index (χ3n) is 15.7. The molecule has 14 heteroatoms. The number of carbonyl (C=O) groups is 6. The van der Waals surface area contributed by atoms with E-state index in [1.165, 1.54) is 94.2 Å². The Labute approximate surface area is 662 Å². The molecule has 0 amide bonds. The minimum Gasteiger partial charge on any atom is -0.463 e. The Morgan fingerprint density at radius 1 is 0.264 bits per heavy atom. The number of allylic oxidation sites excluding steroid dienone is 1. The van der Waals surface area contributed by atoms with E-state index in [0.29, 0.717) is 46.2 Å². The summed E-state index contributed by atoms with van der Waals surface area (Å²) in [4.78, 5) is 67.7. The molecule has 0 bridgehead atoms. The van der Waals surface area contributed by atoms with Crippen LogP contribution >= 0.6 is 0 Å². The molecule has 110 heavy (non-hydrogen) atoms. The number of esters is 6. The van der Waals surface area contributed by atoms with Crippen molar-refractivity contribution in [2.24, 2.45) is 5.92 Å². The standard InChI is InChI=1S/C18H26O2.C16H22O3.C14H18O3.C14H18O2.C13H16O2.C12H14O2.C9H18/c1-2-3-4-5-6-7-11-16-20-18(19)15-14-17-12-9-8-10-13-17;1-18-13-7-2-3-8-14-19-16(17)12-11-15-9-5-4-6-10-15;1-16-11-5-6-12-17-14(15)10-9-13-7-3-2-4-8-13;1-2-3-7-12-16-14(15)11-10-13-8-5-4-6-9-13;1-2-3-11-15-13(14)10-9-12-7-5-4-6-8-12;1-2-10-14-12(13)9-8-11-6-4-3-5-7-11;1-4-7-8-9(5-2)6-3/h8-10,12-15H,2-7,11,16H2,1H3;4-6,9-12H,2-3,7-8,13-14H2,1H3;2-4,7-10H,5-6,11-12H2,1H3;4-6,8-11H,2-3,7,12H2,1H3;4-10H,2-3,11H2,1H3;3-9H,2,10H2,1H3;5,9H,2,4,6-8H2,1,3H3/b15-14+;12-11+;10-9+;11-10+;10-9+;9-8+;. The summed E-state index contributed by atoms with van der Waals surface area (Å²) in [7, 11) is 3.37. The molecular weight excluding hydrogens is 1380 g/mol. The summed E-state index contributed by atoms with van der Waals surface area (Å²) in [6, 6.07) is 58.2. The molecule has 0 fully saturated rings. The Kier molecular flexibility index (Phi) is 70.5. The van der Waals surface area contributed by atoms with E-state index in [-0.39, 0.29) is 35.8 Å². The smallest absolute Gasteiger partial charge is 0.330 e. The molecular formula is C96H132O14. The van der Waals surface area contributed by atoms with Gasteiger partial charge in [0.25, 0.3) is 0 Å². The first-order chi connectivity index (χ1) is 53.8. The van der Waals surface area contributed by atoms with E-state index in [4.69, 9.17) is 37.9 Å². The van der Waals surface area contributed by atoms with Crippen molar-refractivity contribution < 1.29 is 66.7 Å².